The number of hydrogen-bond acceptors (Lipinski definition) is 10. The second kappa shape index (κ2) is 9.45. The summed E-state index contributed by atoms with van der Waals surface area (Å²) < 4.78 is 9.94. The number of primary amides is 1. The molecule has 0 saturated carbocycles. The molecule has 0 bridgehead atoms. The van der Waals surface area contributed by atoms with Crippen LogP contribution in [-0.4, -0.2) is 64.3 Å². The number of aromatic nitrogens is 1. The van der Waals surface area contributed by atoms with Crippen molar-refractivity contribution in [3.8, 4) is 0 Å². The van der Waals surface area contributed by atoms with Crippen LogP contribution in [0.5, 0.6) is 0 Å². The summed E-state index contributed by atoms with van der Waals surface area (Å²) in [5, 5.41) is 15.6. The molecule has 2 aliphatic heterocycles. The topological polar surface area (TPSA) is 164 Å². The minimum absolute atomic E-state index is 0. The third-order valence-electron chi connectivity index (χ3n) is 4.13. The predicted molar refractivity (Wildman–Crippen MR) is 94.4 cm³/mol. The van der Waals surface area contributed by atoms with Crippen LogP contribution in [0.15, 0.2) is 22.8 Å². The fraction of sp³-hybridized carbons (Fsp3) is 0.400. The number of nitrogens with zero attached hydrogens (tertiary/aromatic N) is 2. The Morgan fingerprint density at radius 3 is 2.76 bits per heavy atom. The molecular formula is C15H15N4NaO7S2. The zero-order valence-electron chi connectivity index (χ0n) is 15.5. The maximum Gasteiger partial charge on any atom is 1.00 e. The first-order valence-electron chi connectivity index (χ1n) is 7.85. The monoisotopic (exact) mass is 450 g/mol. The molecule has 1 aromatic heterocycles. The normalized spacial score (nSPS) is 22.9. The summed E-state index contributed by atoms with van der Waals surface area (Å²) in [4.78, 5) is 52.5. The molecule has 14 heteroatoms. The van der Waals surface area contributed by atoms with E-state index in [0.29, 0.717) is 5.01 Å². The number of methoxy groups -OCH3 is 1. The summed E-state index contributed by atoms with van der Waals surface area (Å²) in [6.45, 7) is -0.390. The standard InChI is InChI=1S/C15H16N4O7S2.Na/c1-25-15(18-8(20)4-9-17-2-3-27-9)12(23)19-10(11(21)22)7(5-26-14(16)24)6-28-13(15)19;/h2-3,13H,4-6H2,1H3,(H2,16,24)(H,18,20)(H,21,22);/q;+1/p-1/t13-,15+;/m1./s1. The van der Waals surface area contributed by atoms with Crippen molar-refractivity contribution < 1.29 is 63.3 Å². The molecule has 0 aromatic carbocycles. The Balaban J connectivity index is 0.00000300. The van der Waals surface area contributed by atoms with E-state index < -0.39 is 47.3 Å². The predicted octanol–water partition coefficient (Wildman–Crippen LogP) is -4.84. The number of amides is 3. The van der Waals surface area contributed by atoms with Gasteiger partial charge in [-0.2, -0.15) is 0 Å². The fourth-order valence-electron chi connectivity index (χ4n) is 2.93. The van der Waals surface area contributed by atoms with Gasteiger partial charge in [0.2, 0.25) is 5.91 Å². The van der Waals surface area contributed by atoms with Gasteiger partial charge in [-0.05, 0) is 0 Å². The molecule has 29 heavy (non-hydrogen) atoms. The van der Waals surface area contributed by atoms with E-state index >= 15 is 0 Å². The van der Waals surface area contributed by atoms with E-state index in [-0.39, 0.29) is 47.3 Å². The van der Waals surface area contributed by atoms with Crippen molar-refractivity contribution >= 4 is 47.0 Å². The number of carbonyl (C=O) groups excluding carboxylic acids is 4. The maximum absolute atomic E-state index is 12.8. The van der Waals surface area contributed by atoms with Gasteiger partial charge in [-0.1, -0.05) is 0 Å². The number of carbonyl (C=O) groups is 4. The van der Waals surface area contributed by atoms with E-state index in [1.54, 1.807) is 11.6 Å². The Bertz CT molecular complexity index is 863. The van der Waals surface area contributed by atoms with Crippen molar-refractivity contribution in [1.29, 1.82) is 0 Å². The minimum atomic E-state index is -1.71. The van der Waals surface area contributed by atoms with Crippen molar-refractivity contribution in [2.24, 2.45) is 5.73 Å². The number of nitrogens with two attached hydrogens (primary N) is 1. The number of aliphatic carboxylic acids is 1. The molecule has 0 aliphatic carbocycles. The van der Waals surface area contributed by atoms with Crippen LogP contribution in [0.25, 0.3) is 0 Å². The number of β-lactam (4-membered cyclic amide) rings is 1. The molecule has 2 atom stereocenters. The Hall–Kier alpha value is -1.64. The van der Waals surface area contributed by atoms with Gasteiger partial charge in [-0.3, -0.25) is 14.5 Å². The van der Waals surface area contributed by atoms with Crippen molar-refractivity contribution in [2.75, 3.05) is 19.5 Å². The van der Waals surface area contributed by atoms with Crippen molar-refractivity contribution in [2.45, 2.75) is 17.5 Å². The summed E-state index contributed by atoms with van der Waals surface area (Å²) in [6, 6.07) is 0. The van der Waals surface area contributed by atoms with Crippen molar-refractivity contribution in [3.05, 3.63) is 27.9 Å². The van der Waals surface area contributed by atoms with Crippen LogP contribution in [0.1, 0.15) is 5.01 Å². The van der Waals surface area contributed by atoms with Gasteiger partial charge in [-0.15, -0.1) is 23.1 Å². The van der Waals surface area contributed by atoms with E-state index in [2.05, 4.69) is 15.0 Å². The van der Waals surface area contributed by atoms with E-state index in [1.165, 1.54) is 18.4 Å². The molecule has 2 aliphatic rings. The van der Waals surface area contributed by atoms with Gasteiger partial charge < -0.3 is 30.4 Å². The maximum atomic E-state index is 12.8. The van der Waals surface area contributed by atoms with E-state index in [9.17, 15) is 24.3 Å². The van der Waals surface area contributed by atoms with Gasteiger partial charge in [0.1, 0.15) is 17.0 Å². The molecule has 3 rings (SSSR count). The van der Waals surface area contributed by atoms with Crippen LogP contribution in [0.3, 0.4) is 0 Å². The molecule has 3 heterocycles. The van der Waals surface area contributed by atoms with Crippen molar-refractivity contribution in [3.63, 3.8) is 0 Å². The summed E-state index contributed by atoms with van der Waals surface area (Å²) in [5.74, 6) is -2.76. The van der Waals surface area contributed by atoms with Gasteiger partial charge in [0.15, 0.2) is 0 Å². The van der Waals surface area contributed by atoms with E-state index in [1.807, 2.05) is 0 Å². The average molecular weight is 450 g/mol. The molecule has 0 radical (unpaired) electrons. The van der Waals surface area contributed by atoms with Crippen LogP contribution in [0.4, 0.5) is 4.79 Å². The van der Waals surface area contributed by atoms with Gasteiger partial charge in [0.05, 0.1) is 18.1 Å². The zero-order valence-corrected chi connectivity index (χ0v) is 19.1. The minimum Gasteiger partial charge on any atom is -0.543 e. The third-order valence-corrected chi connectivity index (χ3v) is 6.29. The van der Waals surface area contributed by atoms with Crippen LogP contribution >= 0.6 is 23.1 Å². The Labute approximate surface area is 195 Å². The van der Waals surface area contributed by atoms with Gasteiger partial charge in [-0.25, -0.2) is 9.78 Å². The van der Waals surface area contributed by atoms with E-state index in [0.717, 1.165) is 16.7 Å². The number of carboxylic acids is 1. The largest absolute Gasteiger partial charge is 1.00 e. The Kier molecular flexibility index (Phi) is 7.70. The Morgan fingerprint density at radius 2 is 2.21 bits per heavy atom. The van der Waals surface area contributed by atoms with Crippen LogP contribution in [0, 0.1) is 0 Å². The molecule has 3 N–H and O–H groups in total. The number of fused-ring (bicyclic) bond motifs is 1. The third kappa shape index (κ3) is 4.44. The van der Waals surface area contributed by atoms with Crippen LogP contribution in [-0.2, 0) is 30.3 Å². The summed E-state index contributed by atoms with van der Waals surface area (Å²) in [6.07, 6.45) is 0.431. The second-order valence-electron chi connectivity index (χ2n) is 5.78. The molecule has 0 unspecified atom stereocenters. The smallest absolute Gasteiger partial charge is 0.543 e. The summed E-state index contributed by atoms with van der Waals surface area (Å²) in [5.41, 5.74) is 2.93. The number of hydrogen-bond donors (Lipinski definition) is 2. The summed E-state index contributed by atoms with van der Waals surface area (Å²) in [7, 11) is 1.24. The van der Waals surface area contributed by atoms with E-state index in [4.69, 9.17) is 10.5 Å². The fourth-order valence-corrected chi connectivity index (χ4v) is 4.96. The first-order valence-corrected chi connectivity index (χ1v) is 9.78. The molecule has 0 spiro atoms. The molecule has 1 fully saturated rings. The number of ether oxygens (including phenoxy) is 2. The van der Waals surface area contributed by atoms with Gasteiger partial charge in [0, 0.05) is 30.0 Å². The first-order chi connectivity index (χ1) is 13.3. The van der Waals surface area contributed by atoms with Crippen LogP contribution < -0.4 is 45.7 Å². The first kappa shape index (κ1) is 23.6. The van der Waals surface area contributed by atoms with Crippen LogP contribution in [0.2, 0.25) is 0 Å². The quantitative estimate of drug-likeness (QED) is 0.236. The zero-order chi connectivity index (χ0) is 20.5. The molecule has 150 valence electrons. The van der Waals surface area contributed by atoms with Gasteiger partial charge >= 0.3 is 35.7 Å². The molecule has 3 amide bonds. The van der Waals surface area contributed by atoms with Crippen molar-refractivity contribution in [1.82, 2.24) is 15.2 Å². The van der Waals surface area contributed by atoms with Gasteiger partial charge in [0.25, 0.3) is 11.6 Å². The molecule has 11 nitrogen and oxygen atoms in total. The number of rotatable bonds is 7. The number of thiazole rings is 1. The Morgan fingerprint density at radius 1 is 1.48 bits per heavy atom. The number of nitrogens with one attached hydrogen (secondary N) is 1. The summed E-state index contributed by atoms with van der Waals surface area (Å²) >= 11 is 2.44. The number of carboxylic acid groups (broad SMARTS) is 1. The molecular weight excluding hydrogens is 435 g/mol. The average Bonchev–Trinajstić information content (AvgIpc) is 3.15. The SMILES string of the molecule is CO[C@@]1(NC(=O)Cc2nccs2)C(=O)N2C(C(=O)[O-])=C(COC(N)=O)CS[C@@H]21.[Na+]. The molecule has 1 saturated heterocycles. The molecule has 1 aromatic rings. The number of thioether (sulfide) groups is 1. The second-order valence-corrected chi connectivity index (χ2v) is 7.82.